The molecule has 2 rings (SSSR count). The highest BCUT2D eigenvalue weighted by Gasteiger charge is 2.01. The Morgan fingerprint density at radius 1 is 1.19 bits per heavy atom. The van der Waals surface area contributed by atoms with E-state index in [4.69, 9.17) is 5.11 Å². The van der Waals surface area contributed by atoms with Crippen LogP contribution in [0.5, 0.6) is 0 Å². The van der Waals surface area contributed by atoms with Gasteiger partial charge in [-0.05, 0) is 11.1 Å². The Morgan fingerprint density at radius 2 is 1.88 bits per heavy atom. The minimum Gasteiger partial charge on any atom is -0.392 e. The zero-order chi connectivity index (χ0) is 11.4. The molecule has 0 amide bonds. The van der Waals surface area contributed by atoms with Crippen molar-refractivity contribution in [3.63, 3.8) is 0 Å². The maximum atomic E-state index is 8.95. The molecule has 0 atom stereocenters. The van der Waals surface area contributed by atoms with Gasteiger partial charge in [-0.3, -0.25) is 0 Å². The monoisotopic (exact) mass is 216 g/mol. The van der Waals surface area contributed by atoms with Crippen LogP contribution in [0.25, 0.3) is 0 Å². The van der Waals surface area contributed by atoms with Gasteiger partial charge in [-0.2, -0.15) is 0 Å². The summed E-state index contributed by atoms with van der Waals surface area (Å²) < 4.78 is 2.15. The number of aromatic nitrogens is 2. The Morgan fingerprint density at radius 3 is 2.50 bits per heavy atom. The molecule has 3 nitrogen and oxygen atoms in total. The molecule has 0 aliphatic carbocycles. The summed E-state index contributed by atoms with van der Waals surface area (Å²) in [5, 5.41) is 8.95. The van der Waals surface area contributed by atoms with E-state index in [2.05, 4.69) is 16.5 Å². The summed E-state index contributed by atoms with van der Waals surface area (Å²) in [6.07, 6.45) is 4.78. The zero-order valence-corrected chi connectivity index (χ0v) is 9.43. The number of aryl methyl sites for hydroxylation is 1. The molecular formula is C13H16N2O. The molecule has 3 heteroatoms. The van der Waals surface area contributed by atoms with Gasteiger partial charge < -0.3 is 9.67 Å². The first-order valence-electron chi connectivity index (χ1n) is 5.52. The van der Waals surface area contributed by atoms with Crippen molar-refractivity contribution in [2.75, 3.05) is 0 Å². The summed E-state index contributed by atoms with van der Waals surface area (Å²) in [5.74, 6) is 1.10. The van der Waals surface area contributed by atoms with Crippen molar-refractivity contribution in [1.29, 1.82) is 0 Å². The third-order valence-electron chi connectivity index (χ3n) is 2.68. The lowest BCUT2D eigenvalue weighted by molar-refractivity contribution is 0.282. The van der Waals surface area contributed by atoms with Crippen molar-refractivity contribution in [2.24, 2.45) is 0 Å². The molecule has 1 aromatic heterocycles. The molecule has 16 heavy (non-hydrogen) atoms. The van der Waals surface area contributed by atoms with Crippen LogP contribution < -0.4 is 0 Å². The van der Waals surface area contributed by atoms with Gasteiger partial charge in [-0.15, -0.1) is 0 Å². The van der Waals surface area contributed by atoms with E-state index < -0.39 is 0 Å². The van der Waals surface area contributed by atoms with Crippen LogP contribution in [-0.4, -0.2) is 14.7 Å². The van der Waals surface area contributed by atoms with E-state index in [-0.39, 0.29) is 6.61 Å². The fourth-order valence-electron chi connectivity index (χ4n) is 1.75. The molecule has 1 aromatic carbocycles. The van der Waals surface area contributed by atoms with E-state index >= 15 is 0 Å². The van der Waals surface area contributed by atoms with E-state index in [0.717, 1.165) is 24.4 Å². The van der Waals surface area contributed by atoms with Crippen molar-refractivity contribution in [2.45, 2.75) is 26.5 Å². The van der Waals surface area contributed by atoms with Gasteiger partial charge in [0.2, 0.25) is 0 Å². The van der Waals surface area contributed by atoms with Crippen molar-refractivity contribution in [3.05, 3.63) is 53.6 Å². The molecule has 0 unspecified atom stereocenters. The van der Waals surface area contributed by atoms with Crippen molar-refractivity contribution in [1.82, 2.24) is 9.55 Å². The second kappa shape index (κ2) is 4.94. The quantitative estimate of drug-likeness (QED) is 0.848. The number of aliphatic hydroxyl groups is 1. The average molecular weight is 216 g/mol. The van der Waals surface area contributed by atoms with Crippen LogP contribution in [0.1, 0.15) is 23.9 Å². The van der Waals surface area contributed by atoms with Crippen molar-refractivity contribution in [3.8, 4) is 0 Å². The normalized spacial score (nSPS) is 10.6. The van der Waals surface area contributed by atoms with Crippen LogP contribution in [0.4, 0.5) is 0 Å². The zero-order valence-electron chi connectivity index (χ0n) is 9.43. The highest BCUT2D eigenvalue weighted by Crippen LogP contribution is 2.08. The van der Waals surface area contributed by atoms with E-state index in [1.165, 1.54) is 5.56 Å². The van der Waals surface area contributed by atoms with Crippen LogP contribution >= 0.6 is 0 Å². The smallest absolute Gasteiger partial charge is 0.108 e. The number of benzene rings is 1. The largest absolute Gasteiger partial charge is 0.392 e. The third-order valence-corrected chi connectivity index (χ3v) is 2.68. The predicted octanol–water partition coefficient (Wildman–Crippen LogP) is 1.99. The molecule has 0 saturated heterocycles. The first-order valence-corrected chi connectivity index (χ1v) is 5.52. The van der Waals surface area contributed by atoms with Crippen LogP contribution in [0.15, 0.2) is 36.7 Å². The second-order valence-electron chi connectivity index (χ2n) is 3.80. The van der Waals surface area contributed by atoms with Gasteiger partial charge in [0.25, 0.3) is 0 Å². The third kappa shape index (κ3) is 2.31. The molecule has 0 bridgehead atoms. The molecule has 1 N–H and O–H groups in total. The van der Waals surface area contributed by atoms with Crippen molar-refractivity contribution < 1.29 is 5.11 Å². The van der Waals surface area contributed by atoms with Gasteiger partial charge in [0, 0.05) is 25.4 Å². The SMILES string of the molecule is CCc1nccn1Cc1ccc(CO)cc1. The molecule has 0 aliphatic heterocycles. The summed E-state index contributed by atoms with van der Waals surface area (Å²) in [6.45, 7) is 3.05. The van der Waals surface area contributed by atoms with Crippen LogP contribution in [0.2, 0.25) is 0 Å². The number of nitrogens with zero attached hydrogens (tertiary/aromatic N) is 2. The minimum atomic E-state index is 0.103. The Kier molecular flexibility index (Phi) is 3.37. The van der Waals surface area contributed by atoms with Crippen LogP contribution in [-0.2, 0) is 19.6 Å². The summed E-state index contributed by atoms with van der Waals surface area (Å²) in [7, 11) is 0. The van der Waals surface area contributed by atoms with Gasteiger partial charge in [-0.25, -0.2) is 4.98 Å². The van der Waals surface area contributed by atoms with Gasteiger partial charge in [-0.1, -0.05) is 31.2 Å². The minimum absolute atomic E-state index is 0.103. The fourth-order valence-corrected chi connectivity index (χ4v) is 1.75. The Hall–Kier alpha value is -1.61. The molecule has 2 aromatic rings. The molecule has 0 aliphatic rings. The number of rotatable bonds is 4. The predicted molar refractivity (Wildman–Crippen MR) is 63.1 cm³/mol. The molecule has 0 radical (unpaired) electrons. The Bertz CT molecular complexity index is 445. The molecule has 0 saturated carbocycles. The molecule has 0 fully saturated rings. The number of hydrogen-bond acceptors (Lipinski definition) is 2. The summed E-state index contributed by atoms with van der Waals surface area (Å²) in [6, 6.07) is 8.01. The van der Waals surface area contributed by atoms with Crippen molar-refractivity contribution >= 4 is 0 Å². The van der Waals surface area contributed by atoms with Gasteiger partial charge >= 0.3 is 0 Å². The lowest BCUT2D eigenvalue weighted by atomic mass is 10.1. The highest BCUT2D eigenvalue weighted by atomic mass is 16.3. The van der Waals surface area contributed by atoms with Gasteiger partial charge in [0.15, 0.2) is 0 Å². The van der Waals surface area contributed by atoms with Crippen LogP contribution in [0.3, 0.4) is 0 Å². The van der Waals surface area contributed by atoms with Gasteiger partial charge in [0.1, 0.15) is 5.82 Å². The molecule has 0 spiro atoms. The summed E-state index contributed by atoms with van der Waals surface area (Å²) in [4.78, 5) is 4.29. The number of aliphatic hydroxyl groups excluding tert-OH is 1. The molecule has 1 heterocycles. The Balaban J connectivity index is 2.14. The summed E-state index contributed by atoms with van der Waals surface area (Å²) >= 11 is 0. The fraction of sp³-hybridized carbons (Fsp3) is 0.308. The topological polar surface area (TPSA) is 38.0 Å². The lowest BCUT2D eigenvalue weighted by Crippen LogP contribution is -2.03. The second-order valence-corrected chi connectivity index (χ2v) is 3.80. The standard InChI is InChI=1S/C13H16N2O/c1-2-13-14-7-8-15(13)9-11-3-5-12(10-16)6-4-11/h3-8,16H,2,9-10H2,1H3. The first kappa shape index (κ1) is 10.9. The lowest BCUT2D eigenvalue weighted by Gasteiger charge is -2.07. The maximum Gasteiger partial charge on any atom is 0.108 e. The van der Waals surface area contributed by atoms with E-state index in [9.17, 15) is 0 Å². The van der Waals surface area contributed by atoms with E-state index in [1.807, 2.05) is 36.7 Å². The number of imidazole rings is 1. The van der Waals surface area contributed by atoms with E-state index in [0.29, 0.717) is 0 Å². The Labute approximate surface area is 95.4 Å². The molecular weight excluding hydrogens is 200 g/mol. The molecule has 84 valence electrons. The average Bonchev–Trinajstić information content (AvgIpc) is 2.77. The maximum absolute atomic E-state index is 8.95. The van der Waals surface area contributed by atoms with Crippen LogP contribution in [0, 0.1) is 0 Å². The van der Waals surface area contributed by atoms with Gasteiger partial charge in [0.05, 0.1) is 6.61 Å². The first-order chi connectivity index (χ1) is 7.83. The van der Waals surface area contributed by atoms with E-state index in [1.54, 1.807) is 0 Å². The highest BCUT2D eigenvalue weighted by molar-refractivity contribution is 5.22. The summed E-state index contributed by atoms with van der Waals surface area (Å²) in [5.41, 5.74) is 2.18. The number of hydrogen-bond donors (Lipinski definition) is 1.